The number of rotatable bonds is 11. The predicted octanol–water partition coefficient (Wildman–Crippen LogP) is 5.14. The van der Waals surface area contributed by atoms with Crippen LogP contribution in [0.15, 0.2) is 88.2 Å². The standard InChI is InChI=1S/C29H34BrN3O4S/c1-21(2)18-31-29(35)23(4)32(19-24-12-10-13-25(30)17-24)28(34)20-33(27-16-9-8-11-22(27)3)38(36,37)26-14-6-5-7-15-26/h5-17,21,23H,18-20H2,1-4H3,(H,31,35)/t23-/m0/s1. The molecular formula is C29H34BrN3O4S. The molecule has 0 bridgehead atoms. The number of para-hydroxylation sites is 1. The van der Waals surface area contributed by atoms with Crippen molar-refractivity contribution in [2.75, 3.05) is 17.4 Å². The van der Waals surface area contributed by atoms with Gasteiger partial charge in [-0.3, -0.25) is 13.9 Å². The molecule has 1 atom stereocenters. The Balaban J connectivity index is 2.01. The number of aryl methyl sites for hydroxylation is 1. The average molecular weight is 601 g/mol. The fourth-order valence-electron chi connectivity index (χ4n) is 3.94. The van der Waals surface area contributed by atoms with Gasteiger partial charge >= 0.3 is 0 Å². The van der Waals surface area contributed by atoms with Crippen LogP contribution in [0.4, 0.5) is 5.69 Å². The van der Waals surface area contributed by atoms with Crippen molar-refractivity contribution in [1.29, 1.82) is 0 Å². The van der Waals surface area contributed by atoms with Crippen LogP contribution in [0.3, 0.4) is 0 Å². The van der Waals surface area contributed by atoms with E-state index < -0.39 is 28.5 Å². The second-order valence-corrected chi connectivity index (χ2v) is 12.4. The topological polar surface area (TPSA) is 86.8 Å². The number of hydrogen-bond donors (Lipinski definition) is 1. The number of benzene rings is 3. The SMILES string of the molecule is Cc1ccccc1N(CC(=O)N(Cc1cccc(Br)c1)[C@@H](C)C(=O)NCC(C)C)S(=O)(=O)c1ccccc1. The molecule has 0 aromatic heterocycles. The van der Waals surface area contributed by atoms with E-state index in [0.717, 1.165) is 14.3 Å². The lowest BCUT2D eigenvalue weighted by molar-refractivity contribution is -0.139. The van der Waals surface area contributed by atoms with Crippen LogP contribution in [0.1, 0.15) is 31.9 Å². The Morgan fingerprint density at radius 2 is 1.58 bits per heavy atom. The Bertz CT molecular complexity index is 1360. The third-order valence-corrected chi connectivity index (χ3v) is 8.36. The van der Waals surface area contributed by atoms with Crippen LogP contribution in [-0.2, 0) is 26.2 Å². The second-order valence-electron chi connectivity index (χ2n) is 9.58. The predicted molar refractivity (Wildman–Crippen MR) is 154 cm³/mol. The molecule has 0 aliphatic rings. The van der Waals surface area contributed by atoms with Crippen molar-refractivity contribution in [3.8, 4) is 0 Å². The zero-order valence-electron chi connectivity index (χ0n) is 22.1. The van der Waals surface area contributed by atoms with Crippen LogP contribution in [0.2, 0.25) is 0 Å². The van der Waals surface area contributed by atoms with Gasteiger partial charge in [0.1, 0.15) is 12.6 Å². The minimum Gasteiger partial charge on any atom is -0.354 e. The second kappa shape index (κ2) is 13.1. The molecule has 2 amide bonds. The van der Waals surface area contributed by atoms with E-state index in [-0.39, 0.29) is 23.3 Å². The highest BCUT2D eigenvalue weighted by Crippen LogP contribution is 2.27. The number of halogens is 1. The van der Waals surface area contributed by atoms with Crippen LogP contribution in [0.5, 0.6) is 0 Å². The van der Waals surface area contributed by atoms with E-state index in [1.54, 1.807) is 50.2 Å². The molecule has 202 valence electrons. The highest BCUT2D eigenvalue weighted by atomic mass is 79.9. The smallest absolute Gasteiger partial charge is 0.264 e. The number of amides is 2. The number of carbonyl (C=O) groups is 2. The zero-order valence-corrected chi connectivity index (χ0v) is 24.5. The van der Waals surface area contributed by atoms with Gasteiger partial charge < -0.3 is 10.2 Å². The molecular weight excluding hydrogens is 566 g/mol. The Kier molecular flexibility index (Phi) is 10.1. The number of sulfonamides is 1. The molecule has 0 spiro atoms. The van der Waals surface area contributed by atoms with E-state index >= 15 is 0 Å². The molecule has 0 aliphatic heterocycles. The fraction of sp³-hybridized carbons (Fsp3) is 0.310. The van der Waals surface area contributed by atoms with Gasteiger partial charge in [-0.15, -0.1) is 0 Å². The van der Waals surface area contributed by atoms with E-state index in [0.29, 0.717) is 17.8 Å². The van der Waals surface area contributed by atoms with Crippen LogP contribution in [0, 0.1) is 12.8 Å². The minimum absolute atomic E-state index is 0.0808. The molecule has 9 heteroatoms. The van der Waals surface area contributed by atoms with Crippen LogP contribution in [-0.4, -0.2) is 44.3 Å². The van der Waals surface area contributed by atoms with Crippen molar-refractivity contribution in [2.24, 2.45) is 5.92 Å². The van der Waals surface area contributed by atoms with Gasteiger partial charge in [0.05, 0.1) is 10.6 Å². The number of anilines is 1. The summed E-state index contributed by atoms with van der Waals surface area (Å²) in [6, 6.07) is 21.7. The Morgan fingerprint density at radius 1 is 0.921 bits per heavy atom. The molecule has 0 fully saturated rings. The fourth-order valence-corrected chi connectivity index (χ4v) is 5.89. The summed E-state index contributed by atoms with van der Waals surface area (Å²) in [5.41, 5.74) is 1.93. The van der Waals surface area contributed by atoms with Gasteiger partial charge in [0.25, 0.3) is 10.0 Å². The first-order valence-electron chi connectivity index (χ1n) is 12.5. The maximum absolute atomic E-state index is 13.9. The van der Waals surface area contributed by atoms with Crippen LogP contribution >= 0.6 is 15.9 Å². The number of nitrogens with one attached hydrogen (secondary N) is 1. The van der Waals surface area contributed by atoms with Crippen molar-refractivity contribution >= 4 is 43.5 Å². The molecule has 3 aromatic rings. The maximum Gasteiger partial charge on any atom is 0.264 e. The number of hydrogen-bond acceptors (Lipinski definition) is 4. The summed E-state index contributed by atoms with van der Waals surface area (Å²) in [7, 11) is -4.07. The maximum atomic E-state index is 13.9. The van der Waals surface area contributed by atoms with Crippen molar-refractivity contribution in [2.45, 2.75) is 45.2 Å². The summed E-state index contributed by atoms with van der Waals surface area (Å²) < 4.78 is 29.6. The first-order chi connectivity index (χ1) is 18.0. The van der Waals surface area contributed by atoms with Crippen molar-refractivity contribution in [3.63, 3.8) is 0 Å². The monoisotopic (exact) mass is 599 g/mol. The Labute approximate surface area is 234 Å². The molecule has 38 heavy (non-hydrogen) atoms. The molecule has 7 nitrogen and oxygen atoms in total. The van der Waals surface area contributed by atoms with E-state index in [2.05, 4.69) is 21.2 Å². The van der Waals surface area contributed by atoms with Gasteiger partial charge in [-0.05, 0) is 61.2 Å². The molecule has 1 N–H and O–H groups in total. The van der Waals surface area contributed by atoms with Crippen molar-refractivity contribution < 1.29 is 18.0 Å². The van der Waals surface area contributed by atoms with Crippen LogP contribution < -0.4 is 9.62 Å². The molecule has 3 rings (SSSR count). The van der Waals surface area contributed by atoms with Crippen LogP contribution in [0.25, 0.3) is 0 Å². The molecule has 0 aliphatic carbocycles. The summed E-state index contributed by atoms with van der Waals surface area (Å²) in [6.07, 6.45) is 0. The normalized spacial score (nSPS) is 12.2. The molecule has 3 aromatic carbocycles. The molecule has 0 unspecified atom stereocenters. The Morgan fingerprint density at radius 3 is 2.21 bits per heavy atom. The quantitative estimate of drug-likeness (QED) is 0.330. The van der Waals surface area contributed by atoms with Gasteiger partial charge in [-0.2, -0.15) is 0 Å². The Hall–Kier alpha value is -3.17. The van der Waals surface area contributed by atoms with Gasteiger partial charge in [0, 0.05) is 17.6 Å². The van der Waals surface area contributed by atoms with Crippen molar-refractivity contribution in [1.82, 2.24) is 10.2 Å². The summed E-state index contributed by atoms with van der Waals surface area (Å²) in [5.74, 6) is -0.539. The lowest BCUT2D eigenvalue weighted by Gasteiger charge is -2.32. The minimum atomic E-state index is -4.07. The van der Waals surface area contributed by atoms with E-state index in [1.807, 2.05) is 44.2 Å². The summed E-state index contributed by atoms with van der Waals surface area (Å²) in [6.45, 7) is 7.59. The summed E-state index contributed by atoms with van der Waals surface area (Å²) >= 11 is 3.46. The molecule has 0 saturated carbocycles. The third kappa shape index (κ3) is 7.45. The van der Waals surface area contributed by atoms with Gasteiger partial charge in [0.2, 0.25) is 11.8 Å². The van der Waals surface area contributed by atoms with Gasteiger partial charge in [0.15, 0.2) is 0 Å². The molecule has 0 saturated heterocycles. The average Bonchev–Trinajstić information content (AvgIpc) is 2.89. The van der Waals surface area contributed by atoms with E-state index in [1.165, 1.54) is 17.0 Å². The first kappa shape index (κ1) is 29.4. The van der Waals surface area contributed by atoms with E-state index in [9.17, 15) is 18.0 Å². The number of carbonyl (C=O) groups excluding carboxylic acids is 2. The number of nitrogens with zero attached hydrogens (tertiary/aromatic N) is 2. The van der Waals surface area contributed by atoms with Crippen molar-refractivity contribution in [3.05, 3.63) is 94.5 Å². The summed E-state index contributed by atoms with van der Waals surface area (Å²) in [5, 5.41) is 2.89. The zero-order chi connectivity index (χ0) is 27.9. The lowest BCUT2D eigenvalue weighted by atomic mass is 10.1. The molecule has 0 radical (unpaired) electrons. The van der Waals surface area contributed by atoms with E-state index in [4.69, 9.17) is 0 Å². The highest BCUT2D eigenvalue weighted by Gasteiger charge is 2.33. The third-order valence-electron chi connectivity index (χ3n) is 6.09. The highest BCUT2D eigenvalue weighted by molar-refractivity contribution is 9.10. The van der Waals surface area contributed by atoms with Gasteiger partial charge in [-0.1, -0.05) is 78.3 Å². The first-order valence-corrected chi connectivity index (χ1v) is 14.7. The molecule has 0 heterocycles. The lowest BCUT2D eigenvalue weighted by Crippen LogP contribution is -2.51. The van der Waals surface area contributed by atoms with Gasteiger partial charge in [-0.25, -0.2) is 8.42 Å². The largest absolute Gasteiger partial charge is 0.354 e. The summed E-state index contributed by atoms with van der Waals surface area (Å²) in [4.78, 5) is 28.5.